The largest absolute Gasteiger partial charge is 0.497 e. The first-order chi connectivity index (χ1) is 9.45. The molecular weight excluding hydrogens is 281 g/mol. The summed E-state index contributed by atoms with van der Waals surface area (Å²) < 4.78 is 27.3. The monoisotopic (exact) mass is 299 g/mol. The van der Waals surface area contributed by atoms with Crippen LogP contribution in [0.4, 0.5) is 0 Å². The SMILES string of the molecule is COc1cccc(/C=C(/NC(C)=O)P(=O)(OC)OC)c1. The highest BCUT2D eigenvalue weighted by Gasteiger charge is 2.28. The molecule has 110 valence electrons. The van der Waals surface area contributed by atoms with Crippen molar-refractivity contribution in [2.24, 2.45) is 0 Å². The van der Waals surface area contributed by atoms with Gasteiger partial charge in [0.2, 0.25) is 5.91 Å². The van der Waals surface area contributed by atoms with Crippen molar-refractivity contribution in [2.45, 2.75) is 6.92 Å². The van der Waals surface area contributed by atoms with Crippen molar-refractivity contribution in [3.8, 4) is 5.75 Å². The summed E-state index contributed by atoms with van der Waals surface area (Å²) in [5.41, 5.74) is 0.769. The van der Waals surface area contributed by atoms with Gasteiger partial charge in [-0.1, -0.05) is 12.1 Å². The average molecular weight is 299 g/mol. The van der Waals surface area contributed by atoms with Gasteiger partial charge in [-0.15, -0.1) is 0 Å². The Morgan fingerprint density at radius 2 is 1.90 bits per heavy atom. The molecule has 0 fully saturated rings. The number of carbonyl (C=O) groups is 1. The number of rotatable bonds is 6. The van der Waals surface area contributed by atoms with Crippen LogP contribution in [0.2, 0.25) is 0 Å². The molecule has 0 atom stereocenters. The van der Waals surface area contributed by atoms with Crippen molar-refractivity contribution in [2.75, 3.05) is 21.3 Å². The molecule has 0 bridgehead atoms. The number of hydrogen-bond donors (Lipinski definition) is 1. The maximum atomic E-state index is 12.4. The summed E-state index contributed by atoms with van der Waals surface area (Å²) >= 11 is 0. The van der Waals surface area contributed by atoms with E-state index in [1.165, 1.54) is 27.2 Å². The van der Waals surface area contributed by atoms with E-state index in [2.05, 4.69) is 5.32 Å². The molecule has 0 spiro atoms. The van der Waals surface area contributed by atoms with Crippen molar-refractivity contribution in [3.63, 3.8) is 0 Å². The number of benzene rings is 1. The second-order valence-electron chi connectivity index (χ2n) is 3.85. The van der Waals surface area contributed by atoms with E-state index in [1.807, 2.05) is 0 Å². The third kappa shape index (κ3) is 4.20. The molecule has 1 N–H and O–H groups in total. The number of carbonyl (C=O) groups excluding carboxylic acids is 1. The second-order valence-corrected chi connectivity index (χ2v) is 6.06. The van der Waals surface area contributed by atoms with E-state index in [0.717, 1.165) is 0 Å². The van der Waals surface area contributed by atoms with Gasteiger partial charge in [-0.05, 0) is 23.8 Å². The molecule has 0 aromatic heterocycles. The zero-order chi connectivity index (χ0) is 15.2. The van der Waals surface area contributed by atoms with Crippen molar-refractivity contribution >= 4 is 19.6 Å². The third-order valence-corrected chi connectivity index (χ3v) is 4.27. The Hall–Kier alpha value is -1.62. The smallest absolute Gasteiger partial charge is 0.376 e. The molecule has 20 heavy (non-hydrogen) atoms. The van der Waals surface area contributed by atoms with Gasteiger partial charge >= 0.3 is 7.60 Å². The Balaban J connectivity index is 3.25. The second kappa shape index (κ2) is 7.24. The fraction of sp³-hybridized carbons (Fsp3) is 0.308. The molecule has 0 aliphatic rings. The van der Waals surface area contributed by atoms with Crippen LogP contribution in [-0.4, -0.2) is 27.2 Å². The first-order valence-electron chi connectivity index (χ1n) is 5.80. The molecule has 0 aliphatic heterocycles. The molecule has 1 rings (SSSR count). The van der Waals surface area contributed by atoms with E-state index in [1.54, 1.807) is 31.4 Å². The predicted octanol–water partition coefficient (Wildman–Crippen LogP) is 2.62. The summed E-state index contributed by atoms with van der Waals surface area (Å²) in [4.78, 5) is 11.2. The van der Waals surface area contributed by atoms with Crippen molar-refractivity contribution in [1.82, 2.24) is 5.32 Å². The molecule has 1 amide bonds. The van der Waals surface area contributed by atoms with Crippen molar-refractivity contribution in [1.29, 1.82) is 0 Å². The minimum atomic E-state index is -3.55. The Labute approximate surface area is 118 Å². The van der Waals surface area contributed by atoms with Gasteiger partial charge in [-0.2, -0.15) is 0 Å². The number of amides is 1. The van der Waals surface area contributed by atoms with Crippen LogP contribution in [-0.2, 0) is 18.4 Å². The molecular formula is C13H18NO5P. The number of nitrogens with one attached hydrogen (secondary N) is 1. The summed E-state index contributed by atoms with van der Waals surface area (Å²) in [6, 6.07) is 7.07. The standard InChI is InChI=1S/C13H18NO5P/c1-10(15)14-13(20(16,18-3)19-4)9-11-6-5-7-12(8-11)17-2/h5-9H,1-4H3,(H,14,15)/b13-9-. The fourth-order valence-electron chi connectivity index (χ4n) is 1.52. The van der Waals surface area contributed by atoms with E-state index < -0.39 is 7.60 Å². The van der Waals surface area contributed by atoms with Crippen LogP contribution in [0.3, 0.4) is 0 Å². The third-order valence-electron chi connectivity index (χ3n) is 2.48. The summed E-state index contributed by atoms with van der Waals surface area (Å²) in [5.74, 6) is 0.277. The van der Waals surface area contributed by atoms with Gasteiger partial charge in [0.25, 0.3) is 0 Å². The first kappa shape index (κ1) is 16.4. The van der Waals surface area contributed by atoms with Crippen LogP contribution in [0, 0.1) is 0 Å². The molecule has 7 heteroatoms. The van der Waals surface area contributed by atoms with Crippen LogP contribution in [0.15, 0.2) is 29.7 Å². The average Bonchev–Trinajstić information content (AvgIpc) is 2.45. The van der Waals surface area contributed by atoms with Gasteiger partial charge in [-0.3, -0.25) is 9.36 Å². The summed E-state index contributed by atoms with van der Waals surface area (Å²) in [6.45, 7) is 1.31. The van der Waals surface area contributed by atoms with E-state index >= 15 is 0 Å². The highest BCUT2D eigenvalue weighted by molar-refractivity contribution is 7.58. The Morgan fingerprint density at radius 3 is 2.40 bits per heavy atom. The van der Waals surface area contributed by atoms with Crippen LogP contribution < -0.4 is 10.1 Å². The fourth-order valence-corrected chi connectivity index (χ4v) is 2.67. The molecule has 1 aromatic carbocycles. The van der Waals surface area contributed by atoms with E-state index in [0.29, 0.717) is 11.3 Å². The van der Waals surface area contributed by atoms with Crippen LogP contribution in [0.1, 0.15) is 12.5 Å². The molecule has 0 saturated carbocycles. The number of methoxy groups -OCH3 is 1. The van der Waals surface area contributed by atoms with E-state index in [9.17, 15) is 9.36 Å². The van der Waals surface area contributed by atoms with Crippen LogP contribution in [0.25, 0.3) is 6.08 Å². The molecule has 0 saturated heterocycles. The van der Waals surface area contributed by atoms with Gasteiger partial charge in [-0.25, -0.2) is 0 Å². The summed E-state index contributed by atoms with van der Waals surface area (Å²) in [6.07, 6.45) is 1.53. The first-order valence-corrected chi connectivity index (χ1v) is 7.35. The predicted molar refractivity (Wildman–Crippen MR) is 76.4 cm³/mol. The van der Waals surface area contributed by atoms with Gasteiger partial charge < -0.3 is 19.1 Å². The minimum Gasteiger partial charge on any atom is -0.497 e. The van der Waals surface area contributed by atoms with Crippen LogP contribution >= 0.6 is 7.60 Å². The zero-order valence-corrected chi connectivity index (χ0v) is 12.8. The Morgan fingerprint density at radius 1 is 1.25 bits per heavy atom. The number of ether oxygens (including phenoxy) is 1. The molecule has 0 aliphatic carbocycles. The molecule has 0 heterocycles. The lowest BCUT2D eigenvalue weighted by atomic mass is 10.2. The number of hydrogen-bond acceptors (Lipinski definition) is 5. The van der Waals surface area contributed by atoms with Gasteiger partial charge in [0.1, 0.15) is 11.2 Å². The van der Waals surface area contributed by atoms with Crippen LogP contribution in [0.5, 0.6) is 5.75 Å². The highest BCUT2D eigenvalue weighted by atomic mass is 31.2. The normalized spacial score (nSPS) is 12.1. The van der Waals surface area contributed by atoms with Crippen molar-refractivity contribution < 1.29 is 23.1 Å². The van der Waals surface area contributed by atoms with Gasteiger partial charge in [0.15, 0.2) is 0 Å². The zero-order valence-electron chi connectivity index (χ0n) is 11.9. The Kier molecular flexibility index (Phi) is 5.95. The quantitative estimate of drug-likeness (QED) is 0.817. The highest BCUT2D eigenvalue weighted by Crippen LogP contribution is 2.53. The maximum Gasteiger partial charge on any atom is 0.376 e. The molecule has 1 aromatic rings. The summed E-state index contributed by atoms with van der Waals surface area (Å²) in [5, 5.41) is 2.48. The lowest BCUT2D eigenvalue weighted by molar-refractivity contribution is -0.118. The maximum absolute atomic E-state index is 12.4. The Bertz CT molecular complexity index is 547. The minimum absolute atomic E-state index is 0.0725. The summed E-state index contributed by atoms with van der Waals surface area (Å²) in [7, 11) is 0.513. The molecule has 0 unspecified atom stereocenters. The lowest BCUT2D eigenvalue weighted by Crippen LogP contribution is -2.20. The molecule has 6 nitrogen and oxygen atoms in total. The topological polar surface area (TPSA) is 73.9 Å². The van der Waals surface area contributed by atoms with Crippen molar-refractivity contribution in [3.05, 3.63) is 35.3 Å². The molecule has 0 radical (unpaired) electrons. The lowest BCUT2D eigenvalue weighted by Gasteiger charge is -2.17. The van der Waals surface area contributed by atoms with E-state index in [4.69, 9.17) is 13.8 Å². The van der Waals surface area contributed by atoms with Gasteiger partial charge in [0, 0.05) is 21.1 Å². The van der Waals surface area contributed by atoms with Gasteiger partial charge in [0.05, 0.1) is 7.11 Å². The van der Waals surface area contributed by atoms with E-state index in [-0.39, 0.29) is 11.3 Å².